The molecule has 1 heterocycles. The molecule has 0 unspecified atom stereocenters. The highest BCUT2D eigenvalue weighted by molar-refractivity contribution is 6.09. The highest BCUT2D eigenvalue weighted by atomic mass is 16.2. The highest BCUT2D eigenvalue weighted by Gasteiger charge is 2.19. The second-order valence-corrected chi connectivity index (χ2v) is 4.30. The number of carbonyl (C=O) groups is 1. The first-order valence-corrected chi connectivity index (χ1v) is 6.22. The summed E-state index contributed by atoms with van der Waals surface area (Å²) in [7, 11) is 0. The van der Waals surface area contributed by atoms with E-state index in [1.54, 1.807) is 17.2 Å². The maximum atomic E-state index is 12.6. The van der Waals surface area contributed by atoms with Crippen molar-refractivity contribution in [1.82, 2.24) is 4.98 Å². The first kappa shape index (κ1) is 13.1. The molecular weight excluding hydrogens is 238 g/mol. The van der Waals surface area contributed by atoms with Crippen LogP contribution in [0.5, 0.6) is 0 Å². The normalized spacial score (nSPS) is 10.2. The van der Waals surface area contributed by atoms with Crippen molar-refractivity contribution >= 4 is 17.3 Å². The van der Waals surface area contributed by atoms with Crippen molar-refractivity contribution in [2.24, 2.45) is 0 Å². The Balaban J connectivity index is 2.41. The van der Waals surface area contributed by atoms with Gasteiger partial charge in [0.15, 0.2) is 0 Å². The zero-order chi connectivity index (χ0) is 13.8. The van der Waals surface area contributed by atoms with Gasteiger partial charge in [0.05, 0.1) is 17.4 Å². The lowest BCUT2D eigenvalue weighted by Crippen LogP contribution is -2.31. The molecule has 2 aromatic rings. The van der Waals surface area contributed by atoms with Crippen LogP contribution in [0.15, 0.2) is 42.7 Å². The molecule has 0 aliphatic heterocycles. The monoisotopic (exact) mass is 255 g/mol. The van der Waals surface area contributed by atoms with Crippen LogP contribution < -0.4 is 10.6 Å². The maximum Gasteiger partial charge on any atom is 0.260 e. The maximum absolute atomic E-state index is 12.6. The number of nitrogens with two attached hydrogens (primary N) is 1. The Morgan fingerprint density at radius 3 is 2.68 bits per heavy atom. The van der Waals surface area contributed by atoms with E-state index in [1.165, 1.54) is 6.20 Å². The Bertz CT molecular complexity index is 595. The number of aromatic nitrogens is 1. The van der Waals surface area contributed by atoms with Crippen LogP contribution in [-0.2, 0) is 0 Å². The summed E-state index contributed by atoms with van der Waals surface area (Å²) in [5, 5.41) is 0. The number of aryl methyl sites for hydroxylation is 1. The number of rotatable bonds is 3. The molecule has 4 nitrogen and oxygen atoms in total. The summed E-state index contributed by atoms with van der Waals surface area (Å²) in [6.07, 6.45) is 3.08. The van der Waals surface area contributed by atoms with Crippen LogP contribution in [0.3, 0.4) is 0 Å². The number of carbonyl (C=O) groups excluding carboxylic acids is 1. The Hall–Kier alpha value is -2.36. The van der Waals surface area contributed by atoms with Crippen LogP contribution in [0.25, 0.3) is 0 Å². The number of para-hydroxylation sites is 1. The molecule has 2 N–H and O–H groups in total. The van der Waals surface area contributed by atoms with Gasteiger partial charge in [-0.25, -0.2) is 0 Å². The predicted molar refractivity (Wildman–Crippen MR) is 77.2 cm³/mol. The lowest BCUT2D eigenvalue weighted by atomic mass is 10.1. The third-order valence-corrected chi connectivity index (χ3v) is 3.05. The SMILES string of the molecule is CCN(C(=O)c1ccncc1N)c1ccccc1C. The van der Waals surface area contributed by atoms with E-state index in [0.29, 0.717) is 17.8 Å². The van der Waals surface area contributed by atoms with Crippen LogP contribution >= 0.6 is 0 Å². The Morgan fingerprint density at radius 1 is 1.32 bits per heavy atom. The fourth-order valence-electron chi connectivity index (χ4n) is 2.04. The van der Waals surface area contributed by atoms with E-state index in [-0.39, 0.29) is 5.91 Å². The Morgan fingerprint density at radius 2 is 2.05 bits per heavy atom. The third-order valence-electron chi connectivity index (χ3n) is 3.05. The highest BCUT2D eigenvalue weighted by Crippen LogP contribution is 2.22. The minimum Gasteiger partial charge on any atom is -0.397 e. The lowest BCUT2D eigenvalue weighted by molar-refractivity contribution is 0.0989. The molecule has 19 heavy (non-hydrogen) atoms. The molecule has 0 saturated heterocycles. The number of anilines is 2. The minimum atomic E-state index is -0.100. The topological polar surface area (TPSA) is 59.2 Å². The van der Waals surface area contributed by atoms with Crippen molar-refractivity contribution in [2.75, 3.05) is 17.2 Å². The van der Waals surface area contributed by atoms with Gasteiger partial charge in [-0.15, -0.1) is 0 Å². The van der Waals surface area contributed by atoms with Crippen LogP contribution in [0.4, 0.5) is 11.4 Å². The number of hydrogen-bond acceptors (Lipinski definition) is 3. The van der Waals surface area contributed by atoms with E-state index in [2.05, 4.69) is 4.98 Å². The second-order valence-electron chi connectivity index (χ2n) is 4.30. The van der Waals surface area contributed by atoms with Gasteiger partial charge < -0.3 is 10.6 Å². The number of hydrogen-bond donors (Lipinski definition) is 1. The average Bonchev–Trinajstić information content (AvgIpc) is 2.42. The van der Waals surface area contributed by atoms with Crippen molar-refractivity contribution < 1.29 is 4.79 Å². The number of nitrogens with zero attached hydrogens (tertiary/aromatic N) is 2. The number of amides is 1. The lowest BCUT2D eigenvalue weighted by Gasteiger charge is -2.23. The summed E-state index contributed by atoms with van der Waals surface area (Å²) >= 11 is 0. The summed E-state index contributed by atoms with van der Waals surface area (Å²) in [4.78, 5) is 18.2. The number of nitrogen functional groups attached to an aromatic ring is 1. The molecule has 1 amide bonds. The van der Waals surface area contributed by atoms with Gasteiger partial charge in [0.25, 0.3) is 5.91 Å². The second kappa shape index (κ2) is 5.52. The van der Waals surface area contributed by atoms with Gasteiger partial charge in [0.1, 0.15) is 0 Å². The Kier molecular flexibility index (Phi) is 3.80. The molecule has 0 atom stereocenters. The molecular formula is C15H17N3O. The number of benzene rings is 1. The van der Waals surface area contributed by atoms with Gasteiger partial charge >= 0.3 is 0 Å². The van der Waals surface area contributed by atoms with Crippen molar-refractivity contribution in [1.29, 1.82) is 0 Å². The largest absolute Gasteiger partial charge is 0.397 e. The van der Waals surface area contributed by atoms with E-state index in [4.69, 9.17) is 5.73 Å². The number of pyridine rings is 1. The summed E-state index contributed by atoms with van der Waals surface area (Å²) in [6.45, 7) is 4.52. The summed E-state index contributed by atoms with van der Waals surface area (Å²) in [5.74, 6) is -0.100. The molecule has 0 radical (unpaired) electrons. The molecule has 98 valence electrons. The predicted octanol–water partition coefficient (Wildman–Crippen LogP) is 2.64. The van der Waals surface area contributed by atoms with Crippen LogP contribution in [0, 0.1) is 6.92 Å². The molecule has 4 heteroatoms. The minimum absolute atomic E-state index is 0.100. The quantitative estimate of drug-likeness (QED) is 0.917. The molecule has 0 bridgehead atoms. The third kappa shape index (κ3) is 2.57. The smallest absolute Gasteiger partial charge is 0.260 e. The molecule has 0 spiro atoms. The first-order valence-electron chi connectivity index (χ1n) is 6.22. The zero-order valence-corrected chi connectivity index (χ0v) is 11.1. The first-order chi connectivity index (χ1) is 9.15. The van der Waals surface area contributed by atoms with Gasteiger partial charge in [-0.05, 0) is 31.5 Å². The molecule has 0 aliphatic rings. The van der Waals surface area contributed by atoms with Crippen molar-refractivity contribution in [3.63, 3.8) is 0 Å². The van der Waals surface area contributed by atoms with Gasteiger partial charge in [0.2, 0.25) is 0 Å². The molecule has 0 aliphatic carbocycles. The standard InChI is InChI=1S/C15H17N3O/c1-3-18(14-7-5-4-6-11(14)2)15(19)12-8-9-17-10-13(12)16/h4-10H,3,16H2,1-2H3. The van der Waals surface area contributed by atoms with E-state index in [9.17, 15) is 4.79 Å². The van der Waals surface area contributed by atoms with E-state index in [1.807, 2.05) is 38.1 Å². The fourth-order valence-corrected chi connectivity index (χ4v) is 2.04. The van der Waals surface area contributed by atoms with Crippen LogP contribution in [0.1, 0.15) is 22.8 Å². The van der Waals surface area contributed by atoms with E-state index in [0.717, 1.165) is 11.3 Å². The van der Waals surface area contributed by atoms with Crippen molar-refractivity contribution in [2.45, 2.75) is 13.8 Å². The van der Waals surface area contributed by atoms with Gasteiger partial charge in [-0.3, -0.25) is 9.78 Å². The van der Waals surface area contributed by atoms with Gasteiger partial charge in [-0.1, -0.05) is 18.2 Å². The fraction of sp³-hybridized carbons (Fsp3) is 0.200. The molecule has 0 fully saturated rings. The van der Waals surface area contributed by atoms with E-state index >= 15 is 0 Å². The summed E-state index contributed by atoms with van der Waals surface area (Å²) < 4.78 is 0. The Labute approximate surface area is 112 Å². The van der Waals surface area contributed by atoms with E-state index < -0.39 is 0 Å². The molecule has 2 rings (SSSR count). The summed E-state index contributed by atoms with van der Waals surface area (Å²) in [6, 6.07) is 9.46. The van der Waals surface area contributed by atoms with Crippen LogP contribution in [-0.4, -0.2) is 17.4 Å². The molecule has 1 aromatic heterocycles. The van der Waals surface area contributed by atoms with Crippen molar-refractivity contribution in [3.8, 4) is 0 Å². The molecule has 1 aromatic carbocycles. The van der Waals surface area contributed by atoms with Crippen molar-refractivity contribution in [3.05, 3.63) is 53.9 Å². The summed E-state index contributed by atoms with van der Waals surface area (Å²) in [5.41, 5.74) is 8.68. The van der Waals surface area contributed by atoms with Crippen LogP contribution in [0.2, 0.25) is 0 Å². The average molecular weight is 255 g/mol. The van der Waals surface area contributed by atoms with Gasteiger partial charge in [0, 0.05) is 18.4 Å². The molecule has 0 saturated carbocycles. The van der Waals surface area contributed by atoms with Gasteiger partial charge in [-0.2, -0.15) is 0 Å². The zero-order valence-electron chi connectivity index (χ0n) is 11.1.